The van der Waals surface area contributed by atoms with Crippen LogP contribution < -0.4 is 10.6 Å². The van der Waals surface area contributed by atoms with Gasteiger partial charge in [0.05, 0.1) is 5.92 Å². The minimum atomic E-state index is -0.861. The lowest BCUT2D eigenvalue weighted by Gasteiger charge is -2.24. The van der Waals surface area contributed by atoms with Crippen molar-refractivity contribution in [1.82, 2.24) is 15.5 Å². The topological polar surface area (TPSA) is 81.7 Å². The molecule has 0 saturated heterocycles. The smallest absolute Gasteiger partial charge is 0.315 e. The number of carboxylic acid groups (broad SMARTS) is 1. The maximum absolute atomic E-state index is 11.8. The predicted octanol–water partition coefficient (Wildman–Crippen LogP) is 1.76. The van der Waals surface area contributed by atoms with Crippen LogP contribution >= 0.6 is 0 Å². The number of carboxylic acids is 1. The third-order valence-electron chi connectivity index (χ3n) is 3.42. The third kappa shape index (κ3) is 9.28. The molecule has 0 saturated carbocycles. The number of amides is 2. The maximum Gasteiger partial charge on any atom is 0.315 e. The van der Waals surface area contributed by atoms with Crippen molar-refractivity contribution in [2.24, 2.45) is 11.8 Å². The molecule has 2 amide bonds. The Morgan fingerprint density at radius 2 is 1.71 bits per heavy atom. The number of nitrogens with zero attached hydrogens (tertiary/aromatic N) is 1. The average Bonchev–Trinajstić information content (AvgIpc) is 2.39. The molecule has 0 fully saturated rings. The highest BCUT2D eigenvalue weighted by atomic mass is 16.4. The van der Waals surface area contributed by atoms with E-state index in [1.54, 1.807) is 0 Å². The Hall–Kier alpha value is -1.30. The van der Waals surface area contributed by atoms with E-state index in [4.69, 9.17) is 5.11 Å². The van der Waals surface area contributed by atoms with Crippen molar-refractivity contribution in [3.63, 3.8) is 0 Å². The van der Waals surface area contributed by atoms with Gasteiger partial charge in [-0.15, -0.1) is 0 Å². The molecule has 2 unspecified atom stereocenters. The van der Waals surface area contributed by atoms with Crippen molar-refractivity contribution >= 4 is 12.0 Å². The average molecular weight is 301 g/mol. The molecule has 0 radical (unpaired) electrons. The van der Waals surface area contributed by atoms with E-state index in [2.05, 4.69) is 29.4 Å². The Labute approximate surface area is 128 Å². The van der Waals surface area contributed by atoms with Gasteiger partial charge in [-0.2, -0.15) is 0 Å². The minimum absolute atomic E-state index is 0.0262. The summed E-state index contributed by atoms with van der Waals surface area (Å²) in [5, 5.41) is 14.6. The summed E-state index contributed by atoms with van der Waals surface area (Å²) in [4.78, 5) is 25.1. The fourth-order valence-corrected chi connectivity index (χ4v) is 2.25. The molecule has 6 nitrogen and oxygen atoms in total. The van der Waals surface area contributed by atoms with Gasteiger partial charge in [-0.3, -0.25) is 4.79 Å². The number of nitrogens with one attached hydrogen (secondary N) is 2. The Balaban J connectivity index is 4.15. The van der Waals surface area contributed by atoms with Crippen LogP contribution in [0.1, 0.15) is 41.0 Å². The molecule has 21 heavy (non-hydrogen) atoms. The fraction of sp³-hybridized carbons (Fsp3) is 0.867. The van der Waals surface area contributed by atoms with Crippen molar-refractivity contribution in [1.29, 1.82) is 0 Å². The van der Waals surface area contributed by atoms with Gasteiger partial charge < -0.3 is 20.6 Å². The second-order valence-corrected chi connectivity index (χ2v) is 5.91. The summed E-state index contributed by atoms with van der Waals surface area (Å²) in [5.74, 6) is -1.11. The molecular formula is C15H31N3O3. The SMILES string of the molecule is CCN(CC)CC(C)NC(=O)NCC(CC(C)C)C(=O)O. The number of carbonyl (C=O) groups excluding carboxylic acids is 1. The van der Waals surface area contributed by atoms with Gasteiger partial charge in [-0.1, -0.05) is 27.7 Å². The molecule has 0 aliphatic rings. The van der Waals surface area contributed by atoms with Gasteiger partial charge in [-0.05, 0) is 32.4 Å². The monoisotopic (exact) mass is 301 g/mol. The van der Waals surface area contributed by atoms with Crippen molar-refractivity contribution in [3.8, 4) is 0 Å². The van der Waals surface area contributed by atoms with Crippen LogP contribution in [0, 0.1) is 11.8 Å². The lowest BCUT2D eigenvalue weighted by atomic mass is 9.97. The van der Waals surface area contributed by atoms with E-state index in [0.717, 1.165) is 19.6 Å². The molecule has 0 rings (SSSR count). The molecule has 0 aliphatic carbocycles. The summed E-state index contributed by atoms with van der Waals surface area (Å²) in [5.41, 5.74) is 0. The van der Waals surface area contributed by atoms with E-state index in [9.17, 15) is 9.59 Å². The normalized spacial score (nSPS) is 14.0. The second-order valence-electron chi connectivity index (χ2n) is 5.91. The molecule has 0 spiro atoms. The molecule has 2 atom stereocenters. The summed E-state index contributed by atoms with van der Waals surface area (Å²) in [7, 11) is 0. The van der Waals surface area contributed by atoms with Crippen molar-refractivity contribution < 1.29 is 14.7 Å². The van der Waals surface area contributed by atoms with Crippen molar-refractivity contribution in [2.75, 3.05) is 26.2 Å². The number of urea groups is 1. The lowest BCUT2D eigenvalue weighted by Crippen LogP contribution is -2.47. The molecule has 124 valence electrons. The number of carbonyl (C=O) groups is 2. The summed E-state index contributed by atoms with van der Waals surface area (Å²) >= 11 is 0. The van der Waals surface area contributed by atoms with Gasteiger partial charge in [0.25, 0.3) is 0 Å². The first kappa shape index (κ1) is 19.7. The lowest BCUT2D eigenvalue weighted by molar-refractivity contribution is -0.142. The Morgan fingerprint density at radius 1 is 1.14 bits per heavy atom. The number of hydrogen-bond acceptors (Lipinski definition) is 3. The first-order valence-electron chi connectivity index (χ1n) is 7.79. The Bertz CT molecular complexity index is 317. The molecule has 0 aromatic heterocycles. The van der Waals surface area contributed by atoms with Crippen LogP contribution in [-0.4, -0.2) is 54.2 Å². The minimum Gasteiger partial charge on any atom is -0.481 e. The van der Waals surface area contributed by atoms with Crippen LogP contribution in [0.4, 0.5) is 4.79 Å². The number of likely N-dealkylation sites (N-methyl/N-ethyl adjacent to an activating group) is 1. The van der Waals surface area contributed by atoms with E-state index >= 15 is 0 Å². The summed E-state index contributed by atoms with van der Waals surface area (Å²) in [6, 6.07) is -0.275. The van der Waals surface area contributed by atoms with E-state index < -0.39 is 11.9 Å². The van der Waals surface area contributed by atoms with Crippen molar-refractivity contribution in [2.45, 2.75) is 47.1 Å². The van der Waals surface area contributed by atoms with E-state index in [0.29, 0.717) is 6.42 Å². The van der Waals surface area contributed by atoms with E-state index in [1.807, 2.05) is 20.8 Å². The van der Waals surface area contributed by atoms with Gasteiger partial charge in [0.2, 0.25) is 0 Å². The quantitative estimate of drug-likeness (QED) is 0.574. The molecular weight excluding hydrogens is 270 g/mol. The van der Waals surface area contributed by atoms with Crippen LogP contribution in [0.15, 0.2) is 0 Å². The maximum atomic E-state index is 11.8. The predicted molar refractivity (Wildman–Crippen MR) is 84.4 cm³/mol. The zero-order valence-electron chi connectivity index (χ0n) is 14.0. The number of hydrogen-bond donors (Lipinski definition) is 3. The van der Waals surface area contributed by atoms with Gasteiger partial charge in [0, 0.05) is 19.1 Å². The number of rotatable bonds is 10. The van der Waals surface area contributed by atoms with Gasteiger partial charge in [-0.25, -0.2) is 4.79 Å². The van der Waals surface area contributed by atoms with E-state index in [1.165, 1.54) is 0 Å². The molecule has 0 aromatic carbocycles. The first-order valence-corrected chi connectivity index (χ1v) is 7.79. The van der Waals surface area contributed by atoms with Crippen LogP contribution in [0.2, 0.25) is 0 Å². The van der Waals surface area contributed by atoms with Crippen LogP contribution in [-0.2, 0) is 4.79 Å². The van der Waals surface area contributed by atoms with Crippen molar-refractivity contribution in [3.05, 3.63) is 0 Å². The van der Waals surface area contributed by atoms with Gasteiger partial charge in [0.1, 0.15) is 0 Å². The Kier molecular flexibility index (Phi) is 9.78. The number of aliphatic carboxylic acids is 1. The molecule has 0 aromatic rings. The van der Waals surface area contributed by atoms with Gasteiger partial charge in [0.15, 0.2) is 0 Å². The highest BCUT2D eigenvalue weighted by molar-refractivity contribution is 5.76. The fourth-order valence-electron chi connectivity index (χ4n) is 2.25. The highest BCUT2D eigenvalue weighted by Gasteiger charge is 2.20. The van der Waals surface area contributed by atoms with Gasteiger partial charge >= 0.3 is 12.0 Å². The largest absolute Gasteiger partial charge is 0.481 e. The zero-order chi connectivity index (χ0) is 16.4. The molecule has 0 heterocycles. The van der Waals surface area contributed by atoms with E-state index in [-0.39, 0.29) is 24.5 Å². The van der Waals surface area contributed by atoms with Crippen LogP contribution in [0.25, 0.3) is 0 Å². The standard InChI is InChI=1S/C15H31N3O3/c1-6-18(7-2)10-12(5)17-15(21)16-9-13(14(19)20)8-11(3)4/h11-13H,6-10H2,1-5H3,(H,19,20)(H2,16,17,21). The van der Waals surface area contributed by atoms with Crippen LogP contribution in [0.3, 0.4) is 0 Å². The summed E-state index contributed by atoms with van der Waals surface area (Å²) in [6.07, 6.45) is 0.560. The van der Waals surface area contributed by atoms with Crippen LogP contribution in [0.5, 0.6) is 0 Å². The summed E-state index contributed by atoms with van der Waals surface area (Å²) < 4.78 is 0. The molecule has 0 aliphatic heterocycles. The molecule has 3 N–H and O–H groups in total. The Morgan fingerprint density at radius 3 is 2.14 bits per heavy atom. The third-order valence-corrected chi connectivity index (χ3v) is 3.42. The summed E-state index contributed by atoms with van der Waals surface area (Å²) in [6.45, 7) is 12.9. The molecule has 6 heteroatoms. The molecule has 0 bridgehead atoms. The first-order chi connectivity index (χ1) is 9.79. The zero-order valence-corrected chi connectivity index (χ0v) is 14.0. The second kappa shape index (κ2) is 10.4. The highest BCUT2D eigenvalue weighted by Crippen LogP contribution is 2.10.